The van der Waals surface area contributed by atoms with Gasteiger partial charge < -0.3 is 10.5 Å². The van der Waals surface area contributed by atoms with Crippen LogP contribution in [0.15, 0.2) is 23.1 Å². The average Bonchev–Trinajstić information content (AvgIpc) is 2.25. The maximum absolute atomic E-state index is 12.0. The first-order valence-corrected chi connectivity index (χ1v) is 6.74. The molecule has 1 aromatic carbocycles. The Labute approximate surface area is 102 Å². The summed E-state index contributed by atoms with van der Waals surface area (Å²) in [6, 6.07) is 5.01. The quantitative estimate of drug-likeness (QED) is 0.769. The molecule has 5 nitrogen and oxygen atoms in total. The highest BCUT2D eigenvalue weighted by Gasteiger charge is 2.20. The Morgan fingerprint density at radius 1 is 1.47 bits per heavy atom. The van der Waals surface area contributed by atoms with Crippen molar-refractivity contribution in [2.24, 2.45) is 0 Å². The lowest BCUT2D eigenvalue weighted by molar-refractivity contribution is 0.122. The molecular weight excluding hydrogens is 240 g/mol. The molecule has 1 atom stereocenters. The Hall–Kier alpha value is -1.11. The smallest absolute Gasteiger partial charge is 0.242 e. The summed E-state index contributed by atoms with van der Waals surface area (Å²) < 4.78 is 31.6. The highest BCUT2D eigenvalue weighted by atomic mass is 32.2. The van der Waals surface area contributed by atoms with Gasteiger partial charge in [-0.25, -0.2) is 13.1 Å². The predicted molar refractivity (Wildman–Crippen MR) is 67.3 cm³/mol. The number of benzene rings is 1. The standard InChI is InChI=1S/C11H18N2O3S/c1-8-5-4-6-10(12)11(8)17(14,15)13-7-9(2)16-3/h4-6,9,13H,7,12H2,1-3H3. The van der Waals surface area contributed by atoms with Crippen LogP contribution in [0.4, 0.5) is 5.69 Å². The van der Waals surface area contributed by atoms with E-state index in [1.54, 1.807) is 32.0 Å². The third kappa shape index (κ3) is 3.42. The number of nitrogens with two attached hydrogens (primary N) is 1. The summed E-state index contributed by atoms with van der Waals surface area (Å²) in [5.41, 5.74) is 6.58. The van der Waals surface area contributed by atoms with E-state index in [4.69, 9.17) is 10.5 Å². The van der Waals surface area contributed by atoms with Crippen LogP contribution in [-0.2, 0) is 14.8 Å². The zero-order valence-corrected chi connectivity index (χ0v) is 11.0. The van der Waals surface area contributed by atoms with Crippen LogP contribution >= 0.6 is 0 Å². The molecule has 0 saturated carbocycles. The van der Waals surface area contributed by atoms with E-state index in [2.05, 4.69) is 4.72 Å². The number of aryl methyl sites for hydroxylation is 1. The second-order valence-corrected chi connectivity index (χ2v) is 5.60. The molecule has 0 heterocycles. The zero-order chi connectivity index (χ0) is 13.1. The fourth-order valence-electron chi connectivity index (χ4n) is 1.42. The highest BCUT2D eigenvalue weighted by Crippen LogP contribution is 2.21. The fourth-order valence-corrected chi connectivity index (χ4v) is 2.89. The van der Waals surface area contributed by atoms with Crippen LogP contribution in [0, 0.1) is 6.92 Å². The molecule has 3 N–H and O–H groups in total. The van der Waals surface area contributed by atoms with Gasteiger partial charge in [-0.2, -0.15) is 0 Å². The van der Waals surface area contributed by atoms with Crippen molar-refractivity contribution < 1.29 is 13.2 Å². The molecule has 96 valence electrons. The van der Waals surface area contributed by atoms with Crippen molar-refractivity contribution in [2.45, 2.75) is 24.8 Å². The van der Waals surface area contributed by atoms with Crippen molar-refractivity contribution in [3.05, 3.63) is 23.8 Å². The molecule has 17 heavy (non-hydrogen) atoms. The van der Waals surface area contributed by atoms with Crippen molar-refractivity contribution in [2.75, 3.05) is 19.4 Å². The number of ether oxygens (including phenoxy) is 1. The summed E-state index contributed by atoms with van der Waals surface area (Å²) >= 11 is 0. The molecule has 0 amide bonds. The third-order valence-corrected chi connectivity index (χ3v) is 4.12. The van der Waals surface area contributed by atoms with Crippen LogP contribution in [0.5, 0.6) is 0 Å². The van der Waals surface area contributed by atoms with Crippen LogP contribution in [-0.4, -0.2) is 28.2 Å². The lowest BCUT2D eigenvalue weighted by atomic mass is 10.2. The Morgan fingerprint density at radius 2 is 2.12 bits per heavy atom. The number of rotatable bonds is 5. The van der Waals surface area contributed by atoms with E-state index >= 15 is 0 Å². The van der Waals surface area contributed by atoms with Crippen molar-refractivity contribution in [3.8, 4) is 0 Å². The van der Waals surface area contributed by atoms with Crippen molar-refractivity contribution in [1.82, 2.24) is 4.72 Å². The van der Waals surface area contributed by atoms with E-state index in [9.17, 15) is 8.42 Å². The van der Waals surface area contributed by atoms with Crippen molar-refractivity contribution in [3.63, 3.8) is 0 Å². The molecule has 6 heteroatoms. The summed E-state index contributed by atoms with van der Waals surface area (Å²) in [6.07, 6.45) is -0.185. The van der Waals surface area contributed by atoms with Gasteiger partial charge in [0, 0.05) is 13.7 Å². The minimum Gasteiger partial charge on any atom is -0.398 e. The highest BCUT2D eigenvalue weighted by molar-refractivity contribution is 7.89. The van der Waals surface area contributed by atoms with Gasteiger partial charge >= 0.3 is 0 Å². The van der Waals surface area contributed by atoms with E-state index in [-0.39, 0.29) is 23.2 Å². The Bertz CT molecular complexity index is 465. The first-order chi connectivity index (χ1) is 7.88. The molecule has 0 saturated heterocycles. The minimum atomic E-state index is -3.58. The summed E-state index contributed by atoms with van der Waals surface area (Å²) in [6.45, 7) is 3.71. The number of nitrogen functional groups attached to an aromatic ring is 1. The van der Waals surface area contributed by atoms with Gasteiger partial charge in [0.05, 0.1) is 11.8 Å². The number of hydrogen-bond acceptors (Lipinski definition) is 4. The van der Waals surface area contributed by atoms with Gasteiger partial charge in [-0.05, 0) is 25.5 Å². The zero-order valence-electron chi connectivity index (χ0n) is 10.2. The van der Waals surface area contributed by atoms with Crippen molar-refractivity contribution in [1.29, 1.82) is 0 Å². The number of nitrogens with one attached hydrogen (secondary N) is 1. The molecule has 0 aliphatic rings. The van der Waals surface area contributed by atoms with Crippen LogP contribution < -0.4 is 10.5 Å². The predicted octanol–water partition coefficient (Wildman–Crippen LogP) is 0.890. The molecule has 1 rings (SSSR count). The van der Waals surface area contributed by atoms with Gasteiger partial charge in [0.2, 0.25) is 10.0 Å². The number of hydrogen-bond donors (Lipinski definition) is 2. The first-order valence-electron chi connectivity index (χ1n) is 5.26. The summed E-state index contributed by atoms with van der Waals surface area (Å²) in [7, 11) is -2.05. The minimum absolute atomic E-state index is 0.142. The Kier molecular flexibility index (Phi) is 4.50. The summed E-state index contributed by atoms with van der Waals surface area (Å²) in [5, 5.41) is 0. The second kappa shape index (κ2) is 5.48. The van der Waals surface area contributed by atoms with Gasteiger partial charge in [0.1, 0.15) is 4.90 Å². The molecule has 1 unspecified atom stereocenters. The lowest BCUT2D eigenvalue weighted by Crippen LogP contribution is -2.32. The fraction of sp³-hybridized carbons (Fsp3) is 0.455. The molecular formula is C11H18N2O3S. The molecule has 0 aromatic heterocycles. The Morgan fingerprint density at radius 3 is 2.65 bits per heavy atom. The molecule has 0 fully saturated rings. The SMILES string of the molecule is COC(C)CNS(=O)(=O)c1c(C)cccc1N. The molecule has 0 aliphatic heterocycles. The number of methoxy groups -OCH3 is 1. The van der Waals surface area contributed by atoms with Gasteiger partial charge in [0.15, 0.2) is 0 Å². The second-order valence-electron chi connectivity index (χ2n) is 3.89. The molecule has 0 bridgehead atoms. The lowest BCUT2D eigenvalue weighted by Gasteiger charge is -2.14. The maximum Gasteiger partial charge on any atom is 0.242 e. The van der Waals surface area contributed by atoms with E-state index < -0.39 is 10.0 Å². The maximum atomic E-state index is 12.0. The normalized spacial score (nSPS) is 13.6. The monoisotopic (exact) mass is 258 g/mol. The third-order valence-electron chi connectivity index (χ3n) is 2.47. The van der Waals surface area contributed by atoms with E-state index in [1.807, 2.05) is 0 Å². The van der Waals surface area contributed by atoms with E-state index in [0.717, 1.165) is 0 Å². The van der Waals surface area contributed by atoms with Gasteiger partial charge in [0.25, 0.3) is 0 Å². The van der Waals surface area contributed by atoms with Crippen molar-refractivity contribution >= 4 is 15.7 Å². The number of sulfonamides is 1. The molecule has 0 spiro atoms. The molecule has 0 radical (unpaired) electrons. The topological polar surface area (TPSA) is 81.4 Å². The largest absolute Gasteiger partial charge is 0.398 e. The average molecular weight is 258 g/mol. The Balaban J connectivity index is 2.98. The van der Waals surface area contributed by atoms with Gasteiger partial charge in [-0.3, -0.25) is 0 Å². The van der Waals surface area contributed by atoms with Crippen LogP contribution in [0.1, 0.15) is 12.5 Å². The van der Waals surface area contributed by atoms with Gasteiger partial charge in [-0.1, -0.05) is 12.1 Å². The first kappa shape index (κ1) is 14.0. The molecule has 0 aliphatic carbocycles. The van der Waals surface area contributed by atoms with Crippen LogP contribution in [0.25, 0.3) is 0 Å². The summed E-state index contributed by atoms with van der Waals surface area (Å²) in [4.78, 5) is 0.142. The van der Waals surface area contributed by atoms with Crippen LogP contribution in [0.2, 0.25) is 0 Å². The molecule has 1 aromatic rings. The van der Waals surface area contributed by atoms with Crippen LogP contribution in [0.3, 0.4) is 0 Å². The van der Waals surface area contributed by atoms with Gasteiger partial charge in [-0.15, -0.1) is 0 Å². The summed E-state index contributed by atoms with van der Waals surface area (Å²) in [5.74, 6) is 0. The van der Waals surface area contributed by atoms with E-state index in [1.165, 1.54) is 7.11 Å². The van der Waals surface area contributed by atoms with E-state index in [0.29, 0.717) is 5.56 Å². The number of anilines is 1.